The average molecular weight is 310 g/mol. The molecule has 5 nitrogen and oxygen atoms in total. The fourth-order valence-electron chi connectivity index (χ4n) is 2.10. The first-order valence-corrected chi connectivity index (χ1v) is 7.61. The Kier molecular flexibility index (Phi) is 3.67. The number of carbonyl (C=O) groups is 1. The summed E-state index contributed by atoms with van der Waals surface area (Å²) in [5, 5.41) is 8.69. The number of benzene rings is 1. The van der Waals surface area contributed by atoms with Crippen LogP contribution in [-0.4, -0.2) is 33.1 Å². The van der Waals surface area contributed by atoms with Gasteiger partial charge in [0, 0.05) is 22.1 Å². The minimum absolute atomic E-state index is 0.202. The van der Waals surface area contributed by atoms with E-state index in [9.17, 15) is 4.79 Å². The van der Waals surface area contributed by atoms with Crippen LogP contribution in [0.5, 0.6) is 0 Å². The number of nitrogens with zero attached hydrogens (tertiary/aromatic N) is 3. The Hall–Kier alpha value is -1.53. The Bertz CT molecular complexity index is 672. The maximum Gasteiger partial charge on any atom is 0.376 e. The van der Waals surface area contributed by atoms with Crippen LogP contribution in [0.15, 0.2) is 23.1 Å². The Morgan fingerprint density at radius 1 is 1.50 bits per heavy atom. The molecule has 0 N–H and O–H groups in total. The lowest BCUT2D eigenvalue weighted by Gasteiger charge is -2.10. The van der Waals surface area contributed by atoms with Gasteiger partial charge in [-0.15, -0.1) is 22.0 Å². The third kappa shape index (κ3) is 2.29. The first-order valence-electron chi connectivity index (χ1n) is 6.25. The fraction of sp³-hybridized carbons (Fsp3) is 0.308. The van der Waals surface area contributed by atoms with Gasteiger partial charge in [0.25, 0.3) is 0 Å². The van der Waals surface area contributed by atoms with E-state index in [1.165, 1.54) is 0 Å². The maximum absolute atomic E-state index is 12.0. The number of fused-ring (bicyclic) bond motifs is 3. The maximum atomic E-state index is 12.0. The minimum atomic E-state index is -0.468. The third-order valence-electron chi connectivity index (χ3n) is 2.93. The zero-order valence-corrected chi connectivity index (χ0v) is 12.4. The average Bonchev–Trinajstić information content (AvgIpc) is 2.77. The van der Waals surface area contributed by atoms with Crippen LogP contribution in [0.4, 0.5) is 0 Å². The summed E-state index contributed by atoms with van der Waals surface area (Å²) in [7, 11) is 0. The van der Waals surface area contributed by atoms with Crippen LogP contribution in [0.1, 0.15) is 23.4 Å². The molecule has 104 valence electrons. The number of esters is 1. The van der Waals surface area contributed by atoms with E-state index in [2.05, 4.69) is 10.2 Å². The van der Waals surface area contributed by atoms with Crippen LogP contribution in [0.2, 0.25) is 5.02 Å². The number of thioether (sulfide) groups is 1. The van der Waals surface area contributed by atoms with E-state index < -0.39 is 5.97 Å². The molecule has 0 fully saturated rings. The van der Waals surface area contributed by atoms with E-state index in [1.807, 2.05) is 18.2 Å². The molecule has 0 radical (unpaired) electrons. The molecule has 1 aliphatic rings. The van der Waals surface area contributed by atoms with Crippen LogP contribution >= 0.6 is 23.4 Å². The lowest BCUT2D eigenvalue weighted by atomic mass is 10.3. The van der Waals surface area contributed by atoms with E-state index in [4.69, 9.17) is 16.3 Å². The van der Waals surface area contributed by atoms with Crippen LogP contribution < -0.4 is 0 Å². The number of carbonyl (C=O) groups excluding carboxylic acids is 1. The highest BCUT2D eigenvalue weighted by Gasteiger charge is 2.25. The standard InChI is InChI=1S/C13H12ClN3O2S/c1-2-19-13(18)12-16-15-11-5-6-20-10-4-3-8(14)7-9(10)17(11)12/h3-4,7H,2,5-6H2,1H3. The molecule has 0 bridgehead atoms. The van der Waals surface area contributed by atoms with E-state index in [0.29, 0.717) is 11.6 Å². The predicted octanol–water partition coefficient (Wildman–Crippen LogP) is 2.75. The van der Waals surface area contributed by atoms with Gasteiger partial charge in [-0.05, 0) is 25.1 Å². The Balaban J connectivity index is 2.18. The topological polar surface area (TPSA) is 57.0 Å². The van der Waals surface area contributed by atoms with Crippen LogP contribution in [0.3, 0.4) is 0 Å². The number of halogens is 1. The molecule has 3 rings (SSSR count). The fourth-order valence-corrected chi connectivity index (χ4v) is 3.23. The highest BCUT2D eigenvalue weighted by atomic mass is 35.5. The highest BCUT2D eigenvalue weighted by Crippen LogP contribution is 2.33. The highest BCUT2D eigenvalue weighted by molar-refractivity contribution is 7.99. The number of aromatic nitrogens is 3. The first kappa shape index (κ1) is 13.5. The molecule has 0 saturated heterocycles. The second kappa shape index (κ2) is 5.46. The number of hydrogen-bond acceptors (Lipinski definition) is 5. The van der Waals surface area contributed by atoms with Gasteiger partial charge in [-0.1, -0.05) is 11.6 Å². The molecule has 0 spiro atoms. The van der Waals surface area contributed by atoms with Crippen molar-refractivity contribution in [2.75, 3.05) is 12.4 Å². The zero-order valence-electron chi connectivity index (χ0n) is 10.8. The van der Waals surface area contributed by atoms with Crippen molar-refractivity contribution in [3.8, 4) is 5.69 Å². The summed E-state index contributed by atoms with van der Waals surface area (Å²) in [6.45, 7) is 2.07. The summed E-state index contributed by atoms with van der Waals surface area (Å²) >= 11 is 7.79. The molecule has 1 aliphatic heterocycles. The van der Waals surface area contributed by atoms with Crippen molar-refractivity contribution in [2.45, 2.75) is 18.2 Å². The summed E-state index contributed by atoms with van der Waals surface area (Å²) in [6, 6.07) is 5.62. The molecular formula is C13H12ClN3O2S. The van der Waals surface area contributed by atoms with Gasteiger partial charge >= 0.3 is 5.97 Å². The molecule has 7 heteroatoms. The minimum Gasteiger partial charge on any atom is -0.460 e. The molecule has 0 amide bonds. The largest absolute Gasteiger partial charge is 0.460 e. The van der Waals surface area contributed by atoms with E-state index >= 15 is 0 Å². The molecule has 0 unspecified atom stereocenters. The molecule has 2 aromatic rings. The molecule has 1 aromatic carbocycles. The van der Waals surface area contributed by atoms with Gasteiger partial charge in [0.15, 0.2) is 0 Å². The van der Waals surface area contributed by atoms with Gasteiger partial charge in [-0.25, -0.2) is 4.79 Å². The molecule has 1 aromatic heterocycles. The number of ether oxygens (including phenoxy) is 1. The predicted molar refractivity (Wildman–Crippen MR) is 76.8 cm³/mol. The molecule has 0 saturated carbocycles. The Morgan fingerprint density at radius 2 is 2.35 bits per heavy atom. The molecule has 0 atom stereocenters. The van der Waals surface area contributed by atoms with Crippen molar-refractivity contribution in [3.63, 3.8) is 0 Å². The second-order valence-electron chi connectivity index (χ2n) is 4.21. The van der Waals surface area contributed by atoms with Crippen molar-refractivity contribution in [1.82, 2.24) is 14.8 Å². The zero-order chi connectivity index (χ0) is 14.1. The molecule has 20 heavy (non-hydrogen) atoms. The van der Waals surface area contributed by atoms with Crippen molar-refractivity contribution in [1.29, 1.82) is 0 Å². The Labute approximate surface area is 125 Å². The Morgan fingerprint density at radius 3 is 3.15 bits per heavy atom. The van der Waals surface area contributed by atoms with Gasteiger partial charge in [0.1, 0.15) is 5.82 Å². The van der Waals surface area contributed by atoms with E-state index in [0.717, 1.165) is 28.6 Å². The van der Waals surface area contributed by atoms with Crippen molar-refractivity contribution in [2.24, 2.45) is 0 Å². The van der Waals surface area contributed by atoms with Gasteiger partial charge in [-0.3, -0.25) is 4.57 Å². The van der Waals surface area contributed by atoms with Gasteiger partial charge in [-0.2, -0.15) is 0 Å². The summed E-state index contributed by atoms with van der Waals surface area (Å²) in [5.41, 5.74) is 0.836. The quantitative estimate of drug-likeness (QED) is 0.798. The lowest BCUT2D eigenvalue weighted by Crippen LogP contribution is -2.14. The lowest BCUT2D eigenvalue weighted by molar-refractivity contribution is 0.0509. The van der Waals surface area contributed by atoms with Gasteiger partial charge in [0.2, 0.25) is 5.82 Å². The third-order valence-corrected chi connectivity index (χ3v) is 4.23. The molecule has 2 heterocycles. The van der Waals surface area contributed by atoms with Crippen LogP contribution in [0, 0.1) is 0 Å². The van der Waals surface area contributed by atoms with Gasteiger partial charge < -0.3 is 4.74 Å². The summed E-state index contributed by atoms with van der Waals surface area (Å²) in [4.78, 5) is 13.1. The first-order chi connectivity index (χ1) is 9.70. The van der Waals surface area contributed by atoms with Crippen molar-refractivity contribution < 1.29 is 9.53 Å². The van der Waals surface area contributed by atoms with Gasteiger partial charge in [0.05, 0.1) is 12.3 Å². The van der Waals surface area contributed by atoms with Crippen molar-refractivity contribution in [3.05, 3.63) is 34.9 Å². The summed E-state index contributed by atoms with van der Waals surface area (Å²) in [5.74, 6) is 1.37. The molecular weight excluding hydrogens is 298 g/mol. The summed E-state index contributed by atoms with van der Waals surface area (Å²) < 4.78 is 6.79. The van der Waals surface area contributed by atoms with Crippen LogP contribution in [-0.2, 0) is 11.2 Å². The van der Waals surface area contributed by atoms with Crippen LogP contribution in [0.25, 0.3) is 5.69 Å². The number of aryl methyl sites for hydroxylation is 1. The van der Waals surface area contributed by atoms with Crippen molar-refractivity contribution >= 4 is 29.3 Å². The number of hydrogen-bond donors (Lipinski definition) is 0. The smallest absolute Gasteiger partial charge is 0.376 e. The summed E-state index contributed by atoms with van der Waals surface area (Å²) in [6.07, 6.45) is 0.739. The monoisotopic (exact) mass is 309 g/mol. The number of rotatable bonds is 2. The second-order valence-corrected chi connectivity index (χ2v) is 5.78. The van der Waals surface area contributed by atoms with E-state index in [-0.39, 0.29) is 5.82 Å². The molecule has 0 aliphatic carbocycles. The normalized spacial score (nSPS) is 13.3. The SMILES string of the molecule is CCOC(=O)c1nnc2n1-c1cc(Cl)ccc1SCC2. The van der Waals surface area contributed by atoms with E-state index in [1.54, 1.807) is 23.3 Å².